The van der Waals surface area contributed by atoms with Crippen molar-refractivity contribution >= 4 is 27.5 Å². The molecule has 1 amide bonds. The average molecular weight is 421 g/mol. The molecule has 0 saturated carbocycles. The van der Waals surface area contributed by atoms with Gasteiger partial charge in [0.2, 0.25) is 5.91 Å². The summed E-state index contributed by atoms with van der Waals surface area (Å²) in [5, 5.41) is 10.7. The molecular weight excluding hydrogens is 396 g/mol. The summed E-state index contributed by atoms with van der Waals surface area (Å²) in [4.78, 5) is 21.3. The van der Waals surface area contributed by atoms with Gasteiger partial charge in [-0.05, 0) is 29.8 Å². The third kappa shape index (κ3) is 4.45. The molecule has 0 radical (unpaired) electrons. The highest BCUT2D eigenvalue weighted by Gasteiger charge is 2.27. The van der Waals surface area contributed by atoms with E-state index >= 15 is 0 Å². The number of aryl methyl sites for hydroxylation is 1. The van der Waals surface area contributed by atoms with Crippen molar-refractivity contribution in [2.75, 3.05) is 33.3 Å². The maximum Gasteiger partial charge on any atom is 0.223 e. The van der Waals surface area contributed by atoms with Gasteiger partial charge in [-0.2, -0.15) is 5.26 Å². The van der Waals surface area contributed by atoms with E-state index in [0.29, 0.717) is 39.0 Å². The second-order valence-corrected chi connectivity index (χ2v) is 8.41. The molecule has 3 aromatic rings. The lowest BCUT2D eigenvalue weighted by molar-refractivity contribution is -0.133. The first-order valence-electron chi connectivity index (χ1n) is 10.1. The van der Waals surface area contributed by atoms with Crippen molar-refractivity contribution in [3.63, 3.8) is 0 Å². The Morgan fingerprint density at radius 2 is 1.90 bits per heavy atom. The Morgan fingerprint density at radius 1 is 1.17 bits per heavy atom. The van der Waals surface area contributed by atoms with E-state index in [2.05, 4.69) is 22.0 Å². The average Bonchev–Trinajstić information content (AvgIpc) is 3.22. The Bertz CT molecular complexity index is 1020. The second kappa shape index (κ2) is 9.24. The highest BCUT2D eigenvalue weighted by molar-refractivity contribution is 7.18. The van der Waals surface area contributed by atoms with Crippen LogP contribution in [0.25, 0.3) is 10.2 Å². The zero-order valence-electron chi connectivity index (χ0n) is 17.0. The van der Waals surface area contributed by atoms with Crippen LogP contribution in [0.3, 0.4) is 0 Å². The molecule has 0 aliphatic carbocycles. The Labute approximate surface area is 180 Å². The minimum atomic E-state index is -0.309. The Balaban J connectivity index is 1.30. The van der Waals surface area contributed by atoms with Crippen molar-refractivity contribution in [2.24, 2.45) is 0 Å². The quantitative estimate of drug-likeness (QED) is 0.609. The standard InChI is InChI=1S/C23H24N4O2S/c1-29-18-8-6-17(7-9-18)20(16-24)26-12-14-27(15-13-26)23(28)11-10-22-25-19-4-2-3-5-21(19)30-22/h2-9,20H,10-15H2,1H3. The summed E-state index contributed by atoms with van der Waals surface area (Å²) in [6.07, 6.45) is 1.14. The first-order chi connectivity index (χ1) is 14.7. The summed E-state index contributed by atoms with van der Waals surface area (Å²) in [7, 11) is 1.63. The SMILES string of the molecule is COc1ccc(C(C#N)N2CCN(C(=O)CCc3nc4ccccc4s3)CC2)cc1. The van der Waals surface area contributed by atoms with E-state index < -0.39 is 0 Å². The number of ether oxygens (including phenoxy) is 1. The van der Waals surface area contributed by atoms with E-state index in [1.165, 1.54) is 0 Å². The zero-order chi connectivity index (χ0) is 20.9. The molecular formula is C23H24N4O2S. The number of aromatic nitrogens is 1. The lowest BCUT2D eigenvalue weighted by Crippen LogP contribution is -2.49. The molecule has 6 nitrogen and oxygen atoms in total. The predicted molar refractivity (Wildman–Crippen MR) is 117 cm³/mol. The van der Waals surface area contributed by atoms with Gasteiger partial charge in [0.25, 0.3) is 0 Å². The molecule has 154 valence electrons. The number of nitrogens with zero attached hydrogens (tertiary/aromatic N) is 4. The lowest BCUT2D eigenvalue weighted by atomic mass is 10.1. The molecule has 1 atom stereocenters. The molecule has 1 saturated heterocycles. The van der Waals surface area contributed by atoms with Gasteiger partial charge in [-0.3, -0.25) is 9.69 Å². The van der Waals surface area contributed by atoms with Gasteiger partial charge in [-0.25, -0.2) is 4.98 Å². The topological polar surface area (TPSA) is 69.5 Å². The van der Waals surface area contributed by atoms with Crippen LogP contribution in [-0.4, -0.2) is 54.0 Å². The normalized spacial score (nSPS) is 15.7. The molecule has 1 aromatic heterocycles. The van der Waals surface area contributed by atoms with Crippen LogP contribution in [0, 0.1) is 11.3 Å². The van der Waals surface area contributed by atoms with Gasteiger partial charge in [-0.15, -0.1) is 11.3 Å². The first kappa shape index (κ1) is 20.3. The molecule has 4 rings (SSSR count). The predicted octanol–water partition coefficient (Wildman–Crippen LogP) is 3.65. The number of hydrogen-bond donors (Lipinski definition) is 0. The Kier molecular flexibility index (Phi) is 6.26. The van der Waals surface area contributed by atoms with Crippen LogP contribution in [0.2, 0.25) is 0 Å². The number of piperazine rings is 1. The summed E-state index contributed by atoms with van der Waals surface area (Å²) < 4.78 is 6.36. The number of benzene rings is 2. The molecule has 2 heterocycles. The van der Waals surface area contributed by atoms with E-state index in [1.807, 2.05) is 47.4 Å². The second-order valence-electron chi connectivity index (χ2n) is 7.30. The number of fused-ring (bicyclic) bond motifs is 1. The maximum absolute atomic E-state index is 12.7. The maximum atomic E-state index is 12.7. The van der Waals surface area contributed by atoms with Gasteiger partial charge in [0.15, 0.2) is 0 Å². The van der Waals surface area contributed by atoms with Crippen molar-refractivity contribution in [1.29, 1.82) is 5.26 Å². The molecule has 0 bridgehead atoms. The smallest absolute Gasteiger partial charge is 0.223 e. The summed E-state index contributed by atoms with van der Waals surface area (Å²) in [5.74, 6) is 0.936. The first-order valence-corrected chi connectivity index (χ1v) is 10.9. The third-order valence-corrected chi connectivity index (χ3v) is 6.57. The number of carbonyl (C=O) groups excluding carboxylic acids is 1. The fourth-order valence-electron chi connectivity index (χ4n) is 3.78. The van der Waals surface area contributed by atoms with E-state index in [0.717, 1.165) is 26.5 Å². The third-order valence-electron chi connectivity index (χ3n) is 5.48. The Morgan fingerprint density at radius 3 is 2.57 bits per heavy atom. The highest BCUT2D eigenvalue weighted by atomic mass is 32.1. The molecule has 1 unspecified atom stereocenters. The number of amides is 1. The number of rotatable bonds is 6. The molecule has 1 aliphatic rings. The van der Waals surface area contributed by atoms with Gasteiger partial charge in [0.05, 0.1) is 28.4 Å². The molecule has 0 N–H and O–H groups in total. The van der Waals surface area contributed by atoms with E-state index in [9.17, 15) is 10.1 Å². The molecule has 0 spiro atoms. The minimum absolute atomic E-state index is 0.159. The summed E-state index contributed by atoms with van der Waals surface area (Å²) in [6.45, 7) is 2.67. The number of thiazole rings is 1. The zero-order valence-corrected chi connectivity index (χ0v) is 17.8. The number of carbonyl (C=O) groups is 1. The number of hydrogen-bond acceptors (Lipinski definition) is 6. The number of methoxy groups -OCH3 is 1. The van der Waals surface area contributed by atoms with Crippen molar-refractivity contribution in [2.45, 2.75) is 18.9 Å². The van der Waals surface area contributed by atoms with E-state index in [-0.39, 0.29) is 11.9 Å². The fraction of sp³-hybridized carbons (Fsp3) is 0.348. The van der Waals surface area contributed by atoms with Crippen LogP contribution < -0.4 is 4.74 Å². The molecule has 30 heavy (non-hydrogen) atoms. The van der Waals surface area contributed by atoms with Crippen LogP contribution in [-0.2, 0) is 11.2 Å². The van der Waals surface area contributed by atoms with Crippen LogP contribution >= 0.6 is 11.3 Å². The molecule has 1 aliphatic heterocycles. The van der Waals surface area contributed by atoms with Crippen molar-refractivity contribution in [3.8, 4) is 11.8 Å². The van der Waals surface area contributed by atoms with Gasteiger partial charge < -0.3 is 9.64 Å². The van der Waals surface area contributed by atoms with Crippen LogP contribution in [0.1, 0.15) is 23.0 Å². The Hall–Kier alpha value is -2.95. The fourth-order valence-corrected chi connectivity index (χ4v) is 4.75. The van der Waals surface area contributed by atoms with Crippen molar-refractivity contribution in [3.05, 3.63) is 59.1 Å². The van der Waals surface area contributed by atoms with Crippen LogP contribution in [0.4, 0.5) is 0 Å². The van der Waals surface area contributed by atoms with Gasteiger partial charge in [0.1, 0.15) is 11.8 Å². The summed E-state index contributed by atoms with van der Waals surface area (Å²) in [6, 6.07) is 17.8. The minimum Gasteiger partial charge on any atom is -0.497 e. The molecule has 1 fully saturated rings. The van der Waals surface area contributed by atoms with E-state index in [4.69, 9.17) is 4.74 Å². The van der Waals surface area contributed by atoms with Gasteiger partial charge in [-0.1, -0.05) is 24.3 Å². The van der Waals surface area contributed by atoms with Gasteiger partial charge in [0, 0.05) is 39.0 Å². The van der Waals surface area contributed by atoms with E-state index in [1.54, 1.807) is 18.4 Å². The van der Waals surface area contributed by atoms with Crippen LogP contribution in [0.5, 0.6) is 5.75 Å². The van der Waals surface area contributed by atoms with Gasteiger partial charge >= 0.3 is 0 Å². The summed E-state index contributed by atoms with van der Waals surface area (Å²) in [5.41, 5.74) is 1.95. The van der Waals surface area contributed by atoms with Crippen molar-refractivity contribution < 1.29 is 9.53 Å². The highest BCUT2D eigenvalue weighted by Crippen LogP contribution is 2.25. The number of para-hydroxylation sites is 1. The largest absolute Gasteiger partial charge is 0.497 e. The van der Waals surface area contributed by atoms with Crippen LogP contribution in [0.15, 0.2) is 48.5 Å². The number of nitriles is 1. The lowest BCUT2D eigenvalue weighted by Gasteiger charge is -2.37. The monoisotopic (exact) mass is 420 g/mol. The van der Waals surface area contributed by atoms with Crippen molar-refractivity contribution in [1.82, 2.24) is 14.8 Å². The molecule has 2 aromatic carbocycles. The molecule has 7 heteroatoms. The summed E-state index contributed by atoms with van der Waals surface area (Å²) >= 11 is 1.66.